The number of nitrogens with one attached hydrogen (secondary N) is 1. The minimum Gasteiger partial charge on any atom is -0.496 e. The Hall–Kier alpha value is -4.84. The lowest BCUT2D eigenvalue weighted by atomic mass is 10.0. The molecule has 0 unspecified atom stereocenters. The second kappa shape index (κ2) is 11.5. The maximum atomic E-state index is 12.6. The Balaban J connectivity index is 1.22. The first-order valence-electron chi connectivity index (χ1n) is 12.4. The zero-order valence-electron chi connectivity index (χ0n) is 21.4. The second-order valence-corrected chi connectivity index (χ2v) is 9.04. The summed E-state index contributed by atoms with van der Waals surface area (Å²) in [6, 6.07) is 30.0. The summed E-state index contributed by atoms with van der Waals surface area (Å²) < 4.78 is 13.3. The number of carbonyl (C=O) groups is 1. The minimum atomic E-state index is -0.256. The van der Waals surface area contributed by atoms with Gasteiger partial charge in [-0.05, 0) is 64.7 Å². The molecule has 1 amide bonds. The Morgan fingerprint density at radius 1 is 0.947 bits per heavy atom. The van der Waals surface area contributed by atoms with E-state index in [1.807, 2.05) is 78.5 Å². The number of benzene rings is 4. The van der Waals surface area contributed by atoms with Crippen LogP contribution in [0.5, 0.6) is 11.5 Å². The van der Waals surface area contributed by atoms with Gasteiger partial charge in [-0.3, -0.25) is 9.48 Å². The van der Waals surface area contributed by atoms with Crippen molar-refractivity contribution in [1.29, 1.82) is 0 Å². The zero-order valence-corrected chi connectivity index (χ0v) is 21.4. The molecule has 0 aliphatic heterocycles. The van der Waals surface area contributed by atoms with Crippen LogP contribution in [-0.4, -0.2) is 22.8 Å². The highest BCUT2D eigenvalue weighted by atomic mass is 16.5. The third kappa shape index (κ3) is 6.10. The van der Waals surface area contributed by atoms with Crippen molar-refractivity contribution in [3.05, 3.63) is 126 Å². The summed E-state index contributed by atoms with van der Waals surface area (Å²) in [6.07, 6.45) is 5.12. The smallest absolute Gasteiger partial charge is 0.249 e. The molecule has 0 aliphatic carbocycles. The highest BCUT2D eigenvalue weighted by Gasteiger charge is 2.08. The lowest BCUT2D eigenvalue weighted by molar-refractivity contribution is -0.111. The first kappa shape index (κ1) is 24.8. The number of methoxy groups -OCH3 is 1. The third-order valence-corrected chi connectivity index (χ3v) is 6.22. The largest absolute Gasteiger partial charge is 0.496 e. The molecule has 5 aromatic rings. The van der Waals surface area contributed by atoms with Gasteiger partial charge in [-0.1, -0.05) is 60.7 Å². The van der Waals surface area contributed by atoms with E-state index in [0.717, 1.165) is 28.2 Å². The first-order chi connectivity index (χ1) is 18.6. The molecule has 4 aromatic carbocycles. The van der Waals surface area contributed by atoms with Gasteiger partial charge in [0.05, 0.1) is 13.7 Å². The molecule has 0 spiro atoms. The molecule has 6 heteroatoms. The molecule has 5 rings (SSSR count). The van der Waals surface area contributed by atoms with Gasteiger partial charge < -0.3 is 14.8 Å². The summed E-state index contributed by atoms with van der Waals surface area (Å²) in [5.41, 5.74) is 4.07. The molecule has 0 bridgehead atoms. The van der Waals surface area contributed by atoms with Gasteiger partial charge in [0.25, 0.3) is 0 Å². The monoisotopic (exact) mass is 503 g/mol. The van der Waals surface area contributed by atoms with Gasteiger partial charge in [-0.25, -0.2) is 0 Å². The molecular formula is C32H29N3O3. The molecule has 38 heavy (non-hydrogen) atoms. The Morgan fingerprint density at radius 2 is 1.79 bits per heavy atom. The van der Waals surface area contributed by atoms with E-state index in [1.54, 1.807) is 19.3 Å². The molecule has 0 atom stereocenters. The van der Waals surface area contributed by atoms with Crippen molar-refractivity contribution >= 4 is 28.6 Å². The van der Waals surface area contributed by atoms with E-state index in [0.29, 0.717) is 19.0 Å². The number of hydrogen-bond acceptors (Lipinski definition) is 4. The predicted octanol–water partition coefficient (Wildman–Crippen LogP) is 6.63. The van der Waals surface area contributed by atoms with Crippen LogP contribution in [0.4, 0.5) is 5.82 Å². The van der Waals surface area contributed by atoms with Crippen molar-refractivity contribution in [2.45, 2.75) is 20.1 Å². The highest BCUT2D eigenvalue weighted by molar-refractivity contribution is 6.01. The predicted molar refractivity (Wildman–Crippen MR) is 151 cm³/mol. The van der Waals surface area contributed by atoms with Crippen molar-refractivity contribution in [1.82, 2.24) is 9.78 Å². The summed E-state index contributed by atoms with van der Waals surface area (Å²) in [4.78, 5) is 12.6. The van der Waals surface area contributed by atoms with E-state index in [9.17, 15) is 4.79 Å². The summed E-state index contributed by atoms with van der Waals surface area (Å²) >= 11 is 0. The average molecular weight is 504 g/mol. The fourth-order valence-electron chi connectivity index (χ4n) is 4.34. The third-order valence-electron chi connectivity index (χ3n) is 6.22. The molecule has 1 aromatic heterocycles. The van der Waals surface area contributed by atoms with E-state index in [-0.39, 0.29) is 5.91 Å². The lowest BCUT2D eigenvalue weighted by Crippen LogP contribution is -2.09. The van der Waals surface area contributed by atoms with Crippen LogP contribution in [0.25, 0.3) is 16.8 Å². The standard InChI is InChI=1S/C32H29N3O3/c1-23-7-5-11-28(19-23)38-22-27-20-24(13-15-30(27)37-2)14-16-32(36)33-31-17-18-35(34-31)21-26-10-6-9-25-8-3-4-12-29(25)26/h3-20H,21-22H2,1-2H3,(H,33,34,36)/b16-14+. The number of aryl methyl sites for hydroxylation is 1. The number of amides is 1. The maximum Gasteiger partial charge on any atom is 0.249 e. The molecular weight excluding hydrogens is 474 g/mol. The zero-order chi connectivity index (χ0) is 26.3. The number of carbonyl (C=O) groups excluding carboxylic acids is 1. The average Bonchev–Trinajstić information content (AvgIpc) is 3.37. The number of anilines is 1. The van der Waals surface area contributed by atoms with Gasteiger partial charge >= 0.3 is 0 Å². The van der Waals surface area contributed by atoms with Crippen molar-refractivity contribution in [3.8, 4) is 11.5 Å². The molecule has 1 heterocycles. The molecule has 0 saturated heterocycles. The normalized spacial score (nSPS) is 11.1. The van der Waals surface area contributed by atoms with Crippen LogP contribution in [0.1, 0.15) is 22.3 Å². The van der Waals surface area contributed by atoms with E-state index in [4.69, 9.17) is 9.47 Å². The Kier molecular flexibility index (Phi) is 7.50. The Bertz CT molecular complexity index is 1600. The van der Waals surface area contributed by atoms with Gasteiger partial charge in [-0.2, -0.15) is 5.10 Å². The number of ether oxygens (including phenoxy) is 2. The summed E-state index contributed by atoms with van der Waals surface area (Å²) in [7, 11) is 1.63. The molecule has 0 aliphatic rings. The fraction of sp³-hybridized carbons (Fsp3) is 0.125. The molecule has 0 radical (unpaired) electrons. The second-order valence-electron chi connectivity index (χ2n) is 9.04. The Morgan fingerprint density at radius 3 is 2.66 bits per heavy atom. The molecule has 0 saturated carbocycles. The number of aromatic nitrogens is 2. The van der Waals surface area contributed by atoms with Gasteiger partial charge in [0.1, 0.15) is 18.1 Å². The molecule has 6 nitrogen and oxygen atoms in total. The quantitative estimate of drug-likeness (QED) is 0.229. The first-order valence-corrected chi connectivity index (χ1v) is 12.4. The van der Waals surface area contributed by atoms with Crippen molar-refractivity contribution < 1.29 is 14.3 Å². The summed E-state index contributed by atoms with van der Waals surface area (Å²) in [5.74, 6) is 1.78. The van der Waals surface area contributed by atoms with Crippen LogP contribution in [0, 0.1) is 6.92 Å². The molecule has 1 N–H and O–H groups in total. The minimum absolute atomic E-state index is 0.256. The van der Waals surface area contributed by atoms with E-state index < -0.39 is 0 Å². The fourth-order valence-corrected chi connectivity index (χ4v) is 4.34. The molecule has 190 valence electrons. The Labute approximate surface area is 222 Å². The van der Waals surface area contributed by atoms with Crippen LogP contribution in [0.2, 0.25) is 0 Å². The van der Waals surface area contributed by atoms with E-state index >= 15 is 0 Å². The molecule has 0 fully saturated rings. The topological polar surface area (TPSA) is 65.4 Å². The van der Waals surface area contributed by atoms with Crippen LogP contribution in [0.15, 0.2) is 103 Å². The van der Waals surface area contributed by atoms with E-state index in [1.165, 1.54) is 22.4 Å². The van der Waals surface area contributed by atoms with Crippen molar-refractivity contribution in [2.75, 3.05) is 12.4 Å². The number of rotatable bonds is 9. The number of fused-ring (bicyclic) bond motifs is 1. The summed E-state index contributed by atoms with van der Waals surface area (Å²) in [6.45, 7) is 3.00. The number of nitrogens with zero attached hydrogens (tertiary/aromatic N) is 2. The van der Waals surface area contributed by atoms with Gasteiger partial charge in [0.15, 0.2) is 5.82 Å². The van der Waals surface area contributed by atoms with Crippen molar-refractivity contribution in [3.63, 3.8) is 0 Å². The van der Waals surface area contributed by atoms with Crippen molar-refractivity contribution in [2.24, 2.45) is 0 Å². The van der Waals surface area contributed by atoms with Gasteiger partial charge in [0.2, 0.25) is 5.91 Å². The van der Waals surface area contributed by atoms with Crippen LogP contribution < -0.4 is 14.8 Å². The van der Waals surface area contributed by atoms with Crippen LogP contribution in [0.3, 0.4) is 0 Å². The van der Waals surface area contributed by atoms with Gasteiger partial charge in [0, 0.05) is 23.9 Å². The van der Waals surface area contributed by atoms with Gasteiger partial charge in [-0.15, -0.1) is 0 Å². The lowest BCUT2D eigenvalue weighted by Gasteiger charge is -2.11. The van der Waals surface area contributed by atoms with Crippen LogP contribution in [-0.2, 0) is 17.9 Å². The van der Waals surface area contributed by atoms with E-state index in [2.05, 4.69) is 34.7 Å². The maximum absolute atomic E-state index is 12.6. The SMILES string of the molecule is COc1ccc(/C=C/C(=O)Nc2ccn(Cc3cccc4ccccc34)n2)cc1COc1cccc(C)c1. The highest BCUT2D eigenvalue weighted by Crippen LogP contribution is 2.24. The number of hydrogen-bond donors (Lipinski definition) is 1. The summed E-state index contributed by atoms with van der Waals surface area (Å²) in [5, 5.41) is 9.75. The van der Waals surface area contributed by atoms with Crippen LogP contribution >= 0.6 is 0 Å².